The molecule has 0 heterocycles. The topological polar surface area (TPSA) is 40.5 Å². The molecular formula is C8H14O2. The van der Waals surface area contributed by atoms with Gasteiger partial charge in [-0.2, -0.15) is 0 Å². The zero-order valence-electron chi connectivity index (χ0n) is 6.03. The summed E-state index contributed by atoms with van der Waals surface area (Å²) < 4.78 is 0. The van der Waals surface area contributed by atoms with E-state index in [1.54, 1.807) is 12.2 Å². The maximum absolute atomic E-state index is 9.13. The summed E-state index contributed by atoms with van der Waals surface area (Å²) in [5.41, 5.74) is 0. The molecule has 0 amide bonds. The van der Waals surface area contributed by atoms with E-state index in [1.165, 1.54) is 0 Å². The minimum atomic E-state index is -0.338. The second-order valence-corrected chi connectivity index (χ2v) is 2.80. The van der Waals surface area contributed by atoms with E-state index in [4.69, 9.17) is 10.2 Å². The molecule has 10 heavy (non-hydrogen) atoms. The zero-order valence-corrected chi connectivity index (χ0v) is 6.03. The molecule has 0 saturated carbocycles. The van der Waals surface area contributed by atoms with Gasteiger partial charge in [0.25, 0.3) is 0 Å². The van der Waals surface area contributed by atoms with Crippen LogP contribution in [-0.4, -0.2) is 22.4 Å². The van der Waals surface area contributed by atoms with Crippen LogP contribution in [0.3, 0.4) is 0 Å². The third-order valence-electron chi connectivity index (χ3n) is 1.81. The number of aliphatic hydroxyl groups excluding tert-OH is 2. The lowest BCUT2D eigenvalue weighted by Crippen LogP contribution is -2.10. The molecule has 1 aliphatic rings. The molecule has 0 aliphatic heterocycles. The molecule has 0 spiro atoms. The summed E-state index contributed by atoms with van der Waals surface area (Å²) >= 11 is 0. The van der Waals surface area contributed by atoms with Crippen molar-refractivity contribution in [3.05, 3.63) is 12.2 Å². The standard InChI is InChI=1S/C8H14O2/c9-7-3-1-2-4-8(10)6-5-7/h5-10H,1-4H2/b6-5-. The number of hydrogen-bond acceptors (Lipinski definition) is 2. The zero-order chi connectivity index (χ0) is 7.40. The van der Waals surface area contributed by atoms with E-state index < -0.39 is 0 Å². The van der Waals surface area contributed by atoms with E-state index in [0.29, 0.717) is 0 Å². The summed E-state index contributed by atoms with van der Waals surface area (Å²) in [4.78, 5) is 0. The van der Waals surface area contributed by atoms with Crippen molar-refractivity contribution >= 4 is 0 Å². The predicted octanol–water partition coefficient (Wildman–Crippen LogP) is 0.838. The highest BCUT2D eigenvalue weighted by atomic mass is 16.3. The van der Waals surface area contributed by atoms with E-state index in [-0.39, 0.29) is 12.2 Å². The van der Waals surface area contributed by atoms with Crippen LogP contribution in [0, 0.1) is 0 Å². The molecule has 0 aromatic carbocycles. The summed E-state index contributed by atoms with van der Waals surface area (Å²) in [6.07, 6.45) is 6.40. The minimum Gasteiger partial charge on any atom is -0.389 e. The van der Waals surface area contributed by atoms with Crippen molar-refractivity contribution in [3.63, 3.8) is 0 Å². The van der Waals surface area contributed by atoms with Gasteiger partial charge >= 0.3 is 0 Å². The second-order valence-electron chi connectivity index (χ2n) is 2.80. The Bertz CT molecular complexity index is 106. The maximum atomic E-state index is 9.13. The number of rotatable bonds is 0. The van der Waals surface area contributed by atoms with Crippen LogP contribution in [0.5, 0.6) is 0 Å². The molecule has 1 rings (SSSR count). The number of hydrogen-bond donors (Lipinski definition) is 2. The Morgan fingerprint density at radius 3 is 1.70 bits per heavy atom. The fourth-order valence-electron chi connectivity index (χ4n) is 1.16. The van der Waals surface area contributed by atoms with Crippen molar-refractivity contribution in [2.75, 3.05) is 0 Å². The van der Waals surface area contributed by atoms with Gasteiger partial charge in [-0.3, -0.25) is 0 Å². The lowest BCUT2D eigenvalue weighted by Gasteiger charge is -2.11. The van der Waals surface area contributed by atoms with E-state index in [9.17, 15) is 0 Å². The monoisotopic (exact) mass is 142 g/mol. The Morgan fingerprint density at radius 1 is 0.900 bits per heavy atom. The first-order valence-electron chi connectivity index (χ1n) is 3.83. The Labute approximate surface area is 61.2 Å². The molecule has 2 unspecified atom stereocenters. The van der Waals surface area contributed by atoms with Gasteiger partial charge in [0, 0.05) is 0 Å². The van der Waals surface area contributed by atoms with Crippen LogP contribution in [-0.2, 0) is 0 Å². The summed E-state index contributed by atoms with van der Waals surface area (Å²) in [6, 6.07) is 0. The first-order valence-corrected chi connectivity index (χ1v) is 3.83. The average Bonchev–Trinajstić information content (AvgIpc) is 1.90. The molecule has 58 valence electrons. The van der Waals surface area contributed by atoms with Crippen LogP contribution in [0.15, 0.2) is 12.2 Å². The van der Waals surface area contributed by atoms with Crippen LogP contribution < -0.4 is 0 Å². The largest absolute Gasteiger partial charge is 0.389 e. The van der Waals surface area contributed by atoms with Crippen LogP contribution in [0.25, 0.3) is 0 Å². The highest BCUT2D eigenvalue weighted by Gasteiger charge is 2.06. The highest BCUT2D eigenvalue weighted by Crippen LogP contribution is 2.11. The molecule has 0 aromatic rings. The van der Waals surface area contributed by atoms with Crippen molar-refractivity contribution in [3.8, 4) is 0 Å². The van der Waals surface area contributed by atoms with Crippen molar-refractivity contribution in [2.24, 2.45) is 0 Å². The Kier molecular flexibility index (Phi) is 2.90. The maximum Gasteiger partial charge on any atom is 0.0721 e. The summed E-state index contributed by atoms with van der Waals surface area (Å²) in [5, 5.41) is 18.3. The van der Waals surface area contributed by atoms with Gasteiger partial charge in [0.15, 0.2) is 0 Å². The highest BCUT2D eigenvalue weighted by molar-refractivity contribution is 4.94. The Hall–Kier alpha value is -0.340. The Morgan fingerprint density at radius 2 is 1.30 bits per heavy atom. The van der Waals surface area contributed by atoms with Crippen LogP contribution in [0.1, 0.15) is 25.7 Å². The first kappa shape index (κ1) is 7.76. The minimum absolute atomic E-state index is 0.338. The molecule has 0 aromatic heterocycles. The number of aliphatic hydroxyl groups is 2. The van der Waals surface area contributed by atoms with Crippen molar-refractivity contribution in [1.29, 1.82) is 0 Å². The summed E-state index contributed by atoms with van der Waals surface area (Å²) in [5.74, 6) is 0. The SMILES string of the molecule is OC1/C=C\C(O)CCCC1. The fraction of sp³-hybridized carbons (Fsp3) is 0.750. The van der Waals surface area contributed by atoms with Crippen molar-refractivity contribution in [2.45, 2.75) is 37.9 Å². The van der Waals surface area contributed by atoms with Gasteiger partial charge in [-0.15, -0.1) is 0 Å². The van der Waals surface area contributed by atoms with Crippen LogP contribution in [0.2, 0.25) is 0 Å². The molecule has 2 atom stereocenters. The summed E-state index contributed by atoms with van der Waals surface area (Å²) in [7, 11) is 0. The first-order chi connectivity index (χ1) is 4.79. The van der Waals surface area contributed by atoms with E-state index in [1.807, 2.05) is 0 Å². The molecule has 0 fully saturated rings. The lowest BCUT2D eigenvalue weighted by atomic mass is 10.0. The molecule has 2 nitrogen and oxygen atoms in total. The van der Waals surface area contributed by atoms with Crippen molar-refractivity contribution in [1.82, 2.24) is 0 Å². The third-order valence-corrected chi connectivity index (χ3v) is 1.81. The van der Waals surface area contributed by atoms with Gasteiger partial charge in [-0.25, -0.2) is 0 Å². The van der Waals surface area contributed by atoms with Crippen LogP contribution >= 0.6 is 0 Å². The summed E-state index contributed by atoms with van der Waals surface area (Å²) in [6.45, 7) is 0. The Balaban J connectivity index is 2.42. The van der Waals surface area contributed by atoms with Crippen molar-refractivity contribution < 1.29 is 10.2 Å². The average molecular weight is 142 g/mol. The molecule has 0 bridgehead atoms. The fourth-order valence-corrected chi connectivity index (χ4v) is 1.16. The second kappa shape index (κ2) is 3.74. The van der Waals surface area contributed by atoms with Gasteiger partial charge < -0.3 is 10.2 Å². The van der Waals surface area contributed by atoms with Gasteiger partial charge in [-0.05, 0) is 12.8 Å². The molecule has 0 saturated heterocycles. The quantitative estimate of drug-likeness (QED) is 0.492. The van der Waals surface area contributed by atoms with Gasteiger partial charge in [0.1, 0.15) is 0 Å². The van der Waals surface area contributed by atoms with E-state index in [0.717, 1.165) is 25.7 Å². The van der Waals surface area contributed by atoms with Gasteiger partial charge in [0.2, 0.25) is 0 Å². The van der Waals surface area contributed by atoms with Crippen LogP contribution in [0.4, 0.5) is 0 Å². The van der Waals surface area contributed by atoms with Gasteiger partial charge in [0.05, 0.1) is 12.2 Å². The van der Waals surface area contributed by atoms with Gasteiger partial charge in [-0.1, -0.05) is 25.0 Å². The molecule has 2 heteroatoms. The predicted molar refractivity (Wildman–Crippen MR) is 39.6 cm³/mol. The molecule has 2 N–H and O–H groups in total. The normalized spacial score (nSPS) is 38.2. The van der Waals surface area contributed by atoms with E-state index in [2.05, 4.69) is 0 Å². The lowest BCUT2D eigenvalue weighted by molar-refractivity contribution is 0.175. The third kappa shape index (κ3) is 2.50. The molecule has 1 aliphatic carbocycles. The molecular weight excluding hydrogens is 128 g/mol. The molecule has 0 radical (unpaired) electrons. The van der Waals surface area contributed by atoms with E-state index >= 15 is 0 Å². The smallest absolute Gasteiger partial charge is 0.0721 e.